The van der Waals surface area contributed by atoms with E-state index in [2.05, 4.69) is 8.49 Å². The Labute approximate surface area is 208 Å². The molecule has 1 N–H and O–H groups in total. The first-order valence-corrected chi connectivity index (χ1v) is 14.2. The molecule has 4 rings (SSSR count). The molecule has 0 saturated carbocycles. The SMILES string of the molecule is Cc1ccc(S(=O)(=O)N=S(=O)(N[C@H](C)c2ccc(-c3ccccc3)cc2)c2ccc(C)cc2)cc1. The van der Waals surface area contributed by atoms with E-state index in [4.69, 9.17) is 0 Å². The minimum absolute atomic E-state index is 0.00426. The maximum absolute atomic E-state index is 14.2. The fourth-order valence-corrected chi connectivity index (χ4v) is 7.35. The van der Waals surface area contributed by atoms with Gasteiger partial charge in [-0.15, -0.1) is 0 Å². The van der Waals surface area contributed by atoms with Crippen molar-refractivity contribution in [2.24, 2.45) is 3.77 Å². The summed E-state index contributed by atoms with van der Waals surface area (Å²) in [5, 5.41) is 0. The molecule has 5 nitrogen and oxygen atoms in total. The minimum atomic E-state index is -4.18. The highest BCUT2D eigenvalue weighted by atomic mass is 32.3. The van der Waals surface area contributed by atoms with Gasteiger partial charge < -0.3 is 0 Å². The zero-order valence-electron chi connectivity index (χ0n) is 19.9. The van der Waals surface area contributed by atoms with E-state index in [0.29, 0.717) is 4.90 Å². The van der Waals surface area contributed by atoms with Crippen molar-refractivity contribution in [1.29, 1.82) is 0 Å². The molecule has 0 spiro atoms. The maximum Gasteiger partial charge on any atom is 0.291 e. The minimum Gasteiger partial charge on any atom is -0.228 e. The summed E-state index contributed by atoms with van der Waals surface area (Å²) in [6.07, 6.45) is 0. The Morgan fingerprint density at radius 3 is 1.66 bits per heavy atom. The van der Waals surface area contributed by atoms with E-state index in [1.807, 2.05) is 75.4 Å². The molecule has 0 amide bonds. The van der Waals surface area contributed by atoms with Crippen molar-refractivity contribution in [3.05, 3.63) is 120 Å². The van der Waals surface area contributed by atoms with Crippen molar-refractivity contribution >= 4 is 19.9 Å². The third kappa shape index (κ3) is 5.88. The fourth-order valence-electron chi connectivity index (χ4n) is 3.65. The molecule has 35 heavy (non-hydrogen) atoms. The molecular weight excluding hydrogens is 476 g/mol. The normalized spacial score (nSPS) is 14.1. The lowest BCUT2D eigenvalue weighted by molar-refractivity contribution is 0.597. The monoisotopic (exact) mass is 504 g/mol. The quantitative estimate of drug-likeness (QED) is 0.314. The van der Waals surface area contributed by atoms with Crippen LogP contribution in [0.3, 0.4) is 0 Å². The van der Waals surface area contributed by atoms with Crippen LogP contribution in [0.15, 0.2) is 117 Å². The summed E-state index contributed by atoms with van der Waals surface area (Å²) in [7, 11) is -7.70. The van der Waals surface area contributed by atoms with Gasteiger partial charge in [0.25, 0.3) is 10.0 Å². The second-order valence-electron chi connectivity index (χ2n) is 8.53. The molecule has 2 atom stereocenters. The van der Waals surface area contributed by atoms with Crippen LogP contribution in [0.5, 0.6) is 0 Å². The van der Waals surface area contributed by atoms with Gasteiger partial charge in [0.05, 0.1) is 9.79 Å². The second kappa shape index (κ2) is 10.2. The summed E-state index contributed by atoms with van der Waals surface area (Å²) in [6.45, 7) is 5.63. The van der Waals surface area contributed by atoms with Crippen LogP contribution < -0.4 is 4.72 Å². The van der Waals surface area contributed by atoms with Crippen molar-refractivity contribution in [3.63, 3.8) is 0 Å². The van der Waals surface area contributed by atoms with E-state index in [1.165, 1.54) is 12.1 Å². The molecular formula is C28H28N2O3S2. The summed E-state index contributed by atoms with van der Waals surface area (Å²) in [4.78, 5) is 0.316. The number of nitrogens with zero attached hydrogens (tertiary/aromatic N) is 1. The predicted octanol–water partition coefficient (Wildman–Crippen LogP) is 6.45. The first-order chi connectivity index (χ1) is 16.7. The first kappa shape index (κ1) is 24.9. The highest BCUT2D eigenvalue weighted by Gasteiger charge is 2.23. The Hall–Kier alpha value is -3.26. The van der Waals surface area contributed by atoms with Crippen LogP contribution in [-0.4, -0.2) is 12.6 Å². The number of sulfonamides is 1. The Morgan fingerprint density at radius 2 is 1.11 bits per heavy atom. The van der Waals surface area contributed by atoms with Crippen molar-refractivity contribution < 1.29 is 12.6 Å². The van der Waals surface area contributed by atoms with Gasteiger partial charge in [-0.3, -0.25) is 0 Å². The van der Waals surface area contributed by atoms with Gasteiger partial charge in [-0.25, -0.2) is 8.93 Å². The van der Waals surface area contributed by atoms with Crippen molar-refractivity contribution in [2.75, 3.05) is 0 Å². The topological polar surface area (TPSA) is 75.6 Å². The van der Waals surface area contributed by atoms with Crippen LogP contribution in [-0.2, 0) is 19.9 Å². The van der Waals surface area contributed by atoms with E-state index in [9.17, 15) is 12.6 Å². The molecule has 0 aliphatic heterocycles. The van der Waals surface area contributed by atoms with E-state index in [-0.39, 0.29) is 4.90 Å². The number of hydrogen-bond acceptors (Lipinski definition) is 3. The van der Waals surface area contributed by atoms with E-state index >= 15 is 0 Å². The van der Waals surface area contributed by atoms with Crippen LogP contribution in [0.2, 0.25) is 0 Å². The number of benzene rings is 4. The van der Waals surface area contributed by atoms with Gasteiger partial charge in [-0.2, -0.15) is 8.42 Å². The van der Waals surface area contributed by atoms with Gasteiger partial charge in [-0.1, -0.05) is 93.8 Å². The molecule has 0 saturated heterocycles. The number of rotatable bonds is 7. The lowest BCUT2D eigenvalue weighted by atomic mass is 10.0. The molecule has 0 aliphatic carbocycles. The largest absolute Gasteiger partial charge is 0.291 e. The summed E-state index contributed by atoms with van der Waals surface area (Å²) < 4.78 is 47.4. The van der Waals surface area contributed by atoms with Crippen molar-refractivity contribution in [1.82, 2.24) is 4.72 Å². The average Bonchev–Trinajstić information content (AvgIpc) is 2.85. The smallest absolute Gasteiger partial charge is 0.228 e. The zero-order chi connectivity index (χ0) is 25.1. The van der Waals surface area contributed by atoms with Crippen LogP contribution in [0, 0.1) is 13.8 Å². The fraction of sp³-hybridized carbons (Fsp3) is 0.143. The molecule has 7 heteroatoms. The molecule has 0 aliphatic rings. The summed E-state index contributed by atoms with van der Waals surface area (Å²) >= 11 is 0. The molecule has 1 unspecified atom stereocenters. The van der Waals surface area contributed by atoms with Gasteiger partial charge in [0.15, 0.2) is 9.92 Å². The van der Waals surface area contributed by atoms with E-state index < -0.39 is 26.0 Å². The van der Waals surface area contributed by atoms with Gasteiger partial charge in [0, 0.05) is 6.04 Å². The van der Waals surface area contributed by atoms with Gasteiger partial charge in [0.1, 0.15) is 0 Å². The van der Waals surface area contributed by atoms with E-state index in [1.54, 1.807) is 36.4 Å². The highest BCUT2D eigenvalue weighted by Crippen LogP contribution is 2.25. The zero-order valence-corrected chi connectivity index (χ0v) is 21.5. The van der Waals surface area contributed by atoms with Crippen molar-refractivity contribution in [2.45, 2.75) is 36.6 Å². The molecule has 4 aromatic carbocycles. The van der Waals surface area contributed by atoms with Crippen LogP contribution in [0.25, 0.3) is 11.1 Å². The van der Waals surface area contributed by atoms with Gasteiger partial charge in [0.2, 0.25) is 0 Å². The molecule has 0 heterocycles. The lowest BCUT2D eigenvalue weighted by Crippen LogP contribution is -2.28. The standard InChI is InChI=1S/C28H28N2O3S2/c1-21-9-17-27(18-10-21)34(31,30-35(32,33)28-19-11-22(2)12-20-28)29-23(3)24-13-15-26(16-14-24)25-7-5-4-6-8-25/h4-20,23H,1-3H3,(H,29,30,31)/t23-,34?/m1/s1. The number of nitrogens with one attached hydrogen (secondary N) is 1. The first-order valence-electron chi connectivity index (χ1n) is 11.3. The van der Waals surface area contributed by atoms with Crippen LogP contribution >= 0.6 is 0 Å². The average molecular weight is 505 g/mol. The number of hydrogen-bond donors (Lipinski definition) is 1. The third-order valence-corrected chi connectivity index (χ3v) is 9.79. The van der Waals surface area contributed by atoms with Crippen molar-refractivity contribution in [3.8, 4) is 11.1 Å². The Kier molecular flexibility index (Phi) is 7.21. The van der Waals surface area contributed by atoms with Crippen LogP contribution in [0.1, 0.15) is 29.7 Å². The lowest BCUT2D eigenvalue weighted by Gasteiger charge is -2.19. The highest BCUT2D eigenvalue weighted by molar-refractivity contribution is 8.02. The molecule has 180 valence electrons. The Balaban J connectivity index is 1.72. The Morgan fingerprint density at radius 1 is 0.629 bits per heavy atom. The van der Waals surface area contributed by atoms with E-state index in [0.717, 1.165) is 27.8 Å². The predicted molar refractivity (Wildman–Crippen MR) is 142 cm³/mol. The maximum atomic E-state index is 14.2. The molecule has 0 aromatic heterocycles. The summed E-state index contributed by atoms with van der Waals surface area (Å²) in [5.74, 6) is 0. The van der Waals surface area contributed by atoms with Gasteiger partial charge in [-0.05, 0) is 61.7 Å². The summed E-state index contributed by atoms with van der Waals surface area (Å²) in [5.41, 5.74) is 4.93. The number of aryl methyl sites for hydroxylation is 2. The molecule has 0 bridgehead atoms. The molecule has 0 radical (unpaired) electrons. The second-order valence-corrected chi connectivity index (χ2v) is 12.3. The molecule has 0 fully saturated rings. The summed E-state index contributed by atoms with van der Waals surface area (Å²) in [6, 6.07) is 30.7. The van der Waals surface area contributed by atoms with Gasteiger partial charge >= 0.3 is 0 Å². The molecule has 4 aromatic rings. The third-order valence-electron chi connectivity index (χ3n) is 5.72. The van der Waals surface area contributed by atoms with Crippen LogP contribution in [0.4, 0.5) is 0 Å². The Bertz CT molecular complexity index is 1520.